The summed E-state index contributed by atoms with van der Waals surface area (Å²) in [6.07, 6.45) is 0. The molecule has 0 aliphatic carbocycles. The molecule has 0 spiro atoms. The van der Waals surface area contributed by atoms with E-state index >= 15 is 0 Å². The van der Waals surface area contributed by atoms with Crippen molar-refractivity contribution in [3.8, 4) is 0 Å². The van der Waals surface area contributed by atoms with Crippen LogP contribution in [0.4, 0.5) is 11.4 Å². The first kappa shape index (κ1) is 6.76. The minimum Gasteiger partial charge on any atom is -0.173 e. The Labute approximate surface area is 75.1 Å². The lowest BCUT2D eigenvalue weighted by atomic mass is 10.1. The summed E-state index contributed by atoms with van der Waals surface area (Å²) in [5.41, 5.74) is 2.05. The van der Waals surface area contributed by atoms with E-state index in [1.165, 1.54) is 16.1 Å². The lowest BCUT2D eigenvalue weighted by Gasteiger charge is -1.81. The van der Waals surface area contributed by atoms with Crippen molar-refractivity contribution in [1.29, 1.82) is 0 Å². The topological polar surface area (TPSA) is 24.7 Å². The molecule has 2 nitrogen and oxygen atoms in total. The van der Waals surface area contributed by atoms with Crippen LogP contribution in [-0.4, -0.2) is 7.85 Å². The van der Waals surface area contributed by atoms with Gasteiger partial charge >= 0.3 is 0 Å². The Hall–Kier alpha value is 0.0649. The van der Waals surface area contributed by atoms with Crippen LogP contribution in [0.1, 0.15) is 0 Å². The Morgan fingerprint density at radius 2 is 2.00 bits per heavy atom. The number of rotatable bonds is 0. The molecular formula is C4H2BBrN2S2. The van der Waals surface area contributed by atoms with Crippen molar-refractivity contribution in [1.82, 2.24) is 0 Å². The van der Waals surface area contributed by atoms with Crippen LogP contribution < -0.4 is 4.78 Å². The SMILES string of the molecule is Bc1sc(Br)c2c1N=S=N2. The van der Waals surface area contributed by atoms with Crippen molar-refractivity contribution in [3.63, 3.8) is 0 Å². The zero-order chi connectivity index (χ0) is 7.14. The summed E-state index contributed by atoms with van der Waals surface area (Å²) >= 11 is 6.37. The molecule has 0 saturated heterocycles. The largest absolute Gasteiger partial charge is 0.173 e. The summed E-state index contributed by atoms with van der Waals surface area (Å²) in [5, 5.41) is 0. The molecule has 0 radical (unpaired) electrons. The molecule has 1 aliphatic rings. The van der Waals surface area contributed by atoms with Crippen LogP contribution in [0, 0.1) is 0 Å². The van der Waals surface area contributed by atoms with Gasteiger partial charge in [-0.3, -0.25) is 0 Å². The van der Waals surface area contributed by atoms with Gasteiger partial charge in [-0.25, -0.2) is 0 Å². The molecule has 0 aromatic carbocycles. The highest BCUT2D eigenvalue weighted by atomic mass is 79.9. The summed E-state index contributed by atoms with van der Waals surface area (Å²) in [6.45, 7) is 0. The van der Waals surface area contributed by atoms with Gasteiger partial charge in [-0.2, -0.15) is 8.73 Å². The first-order valence-corrected chi connectivity index (χ1v) is 5.00. The van der Waals surface area contributed by atoms with Crippen LogP contribution in [0.5, 0.6) is 0 Å². The van der Waals surface area contributed by atoms with Gasteiger partial charge in [0, 0.05) is 0 Å². The molecule has 1 aromatic rings. The Balaban J connectivity index is 2.77. The molecule has 1 aromatic heterocycles. The smallest absolute Gasteiger partial charge is 0.155 e. The lowest BCUT2D eigenvalue weighted by Crippen LogP contribution is -1.91. The second-order valence-electron chi connectivity index (χ2n) is 1.89. The second kappa shape index (κ2) is 2.28. The maximum absolute atomic E-state index is 4.15. The van der Waals surface area contributed by atoms with E-state index in [0.29, 0.717) is 0 Å². The molecule has 0 N–H and O–H groups in total. The number of hydrogen-bond acceptors (Lipinski definition) is 3. The molecule has 0 amide bonds. The Bertz CT molecular complexity index is 324. The molecule has 10 heavy (non-hydrogen) atoms. The fourth-order valence-corrected chi connectivity index (χ4v) is 3.37. The molecule has 0 unspecified atom stereocenters. The van der Waals surface area contributed by atoms with Gasteiger partial charge in [0.2, 0.25) is 0 Å². The first-order valence-electron chi connectivity index (χ1n) is 2.66. The summed E-state index contributed by atoms with van der Waals surface area (Å²) in [4.78, 5) is 0. The maximum atomic E-state index is 4.15. The van der Waals surface area contributed by atoms with Crippen molar-refractivity contribution in [3.05, 3.63) is 3.79 Å². The van der Waals surface area contributed by atoms with Crippen molar-refractivity contribution in [2.24, 2.45) is 8.73 Å². The van der Waals surface area contributed by atoms with E-state index in [9.17, 15) is 0 Å². The first-order chi connectivity index (χ1) is 4.79. The van der Waals surface area contributed by atoms with E-state index in [-0.39, 0.29) is 0 Å². The van der Waals surface area contributed by atoms with Crippen molar-refractivity contribution in [2.75, 3.05) is 0 Å². The molecular weight excluding hydrogens is 231 g/mol. The quantitative estimate of drug-likeness (QED) is 0.616. The van der Waals surface area contributed by atoms with Crippen LogP contribution in [0.3, 0.4) is 0 Å². The number of nitrogens with zero attached hydrogens (tertiary/aromatic N) is 2. The van der Waals surface area contributed by atoms with Crippen molar-refractivity contribution in [2.45, 2.75) is 0 Å². The molecule has 6 heteroatoms. The minimum atomic E-state index is 1.01. The Kier molecular flexibility index (Phi) is 1.54. The van der Waals surface area contributed by atoms with E-state index < -0.39 is 0 Å². The van der Waals surface area contributed by atoms with Crippen LogP contribution in [0.25, 0.3) is 0 Å². The van der Waals surface area contributed by atoms with Gasteiger partial charge in [0.25, 0.3) is 0 Å². The van der Waals surface area contributed by atoms with Crippen LogP contribution in [0.15, 0.2) is 12.5 Å². The van der Waals surface area contributed by atoms with Crippen molar-refractivity contribution >= 4 is 62.6 Å². The van der Waals surface area contributed by atoms with E-state index in [0.717, 1.165) is 15.2 Å². The average molecular weight is 233 g/mol. The van der Waals surface area contributed by atoms with E-state index in [2.05, 4.69) is 32.5 Å². The number of thiophene rings is 1. The summed E-state index contributed by atoms with van der Waals surface area (Å²) < 4.78 is 10.6. The monoisotopic (exact) mass is 232 g/mol. The van der Waals surface area contributed by atoms with Gasteiger partial charge in [0.1, 0.15) is 11.4 Å². The highest BCUT2D eigenvalue weighted by molar-refractivity contribution is 9.11. The zero-order valence-electron chi connectivity index (χ0n) is 5.09. The van der Waals surface area contributed by atoms with Crippen LogP contribution in [-0.2, 0) is 11.4 Å². The van der Waals surface area contributed by atoms with E-state index in [1.807, 2.05) is 0 Å². The van der Waals surface area contributed by atoms with Gasteiger partial charge in [0.05, 0.1) is 15.1 Å². The second-order valence-corrected chi connectivity index (χ2v) is 4.96. The molecule has 0 fully saturated rings. The van der Waals surface area contributed by atoms with Gasteiger partial charge in [-0.15, -0.1) is 11.3 Å². The Morgan fingerprint density at radius 1 is 1.30 bits per heavy atom. The summed E-state index contributed by atoms with van der Waals surface area (Å²) in [7, 11) is 2.05. The van der Waals surface area contributed by atoms with Crippen LogP contribution in [0.2, 0.25) is 0 Å². The minimum absolute atomic E-state index is 1.01. The molecule has 0 saturated carbocycles. The highest BCUT2D eigenvalue weighted by Gasteiger charge is 2.14. The lowest BCUT2D eigenvalue weighted by molar-refractivity contribution is 1.62. The van der Waals surface area contributed by atoms with Gasteiger partial charge in [0.15, 0.2) is 7.85 Å². The molecule has 50 valence electrons. The number of fused-ring (bicyclic) bond motifs is 1. The third kappa shape index (κ3) is 0.827. The summed E-state index contributed by atoms with van der Waals surface area (Å²) in [6, 6.07) is 0. The maximum Gasteiger partial charge on any atom is 0.155 e. The normalized spacial score (nSPS) is 13.3. The standard InChI is InChI=1S/C4H2BBrN2S2/c5-3-1-2(4(6)9-3)8-10-7-1/h5H2. The highest BCUT2D eigenvalue weighted by Crippen LogP contribution is 2.41. The van der Waals surface area contributed by atoms with E-state index in [1.54, 1.807) is 11.3 Å². The molecule has 2 rings (SSSR count). The predicted molar refractivity (Wildman–Crippen MR) is 51.7 cm³/mol. The van der Waals surface area contributed by atoms with Gasteiger partial charge in [-0.1, -0.05) is 0 Å². The van der Waals surface area contributed by atoms with Gasteiger partial charge in [-0.05, 0) is 20.7 Å². The average Bonchev–Trinajstić information content (AvgIpc) is 2.39. The molecule has 1 aliphatic heterocycles. The molecule has 0 bridgehead atoms. The zero-order valence-corrected chi connectivity index (χ0v) is 8.31. The predicted octanol–water partition coefficient (Wildman–Crippen LogP) is 1.50. The third-order valence-corrected chi connectivity index (χ3v) is 3.51. The van der Waals surface area contributed by atoms with Crippen molar-refractivity contribution < 1.29 is 0 Å². The van der Waals surface area contributed by atoms with Crippen LogP contribution >= 0.6 is 27.3 Å². The van der Waals surface area contributed by atoms with Gasteiger partial charge < -0.3 is 0 Å². The fourth-order valence-electron chi connectivity index (χ4n) is 0.780. The Morgan fingerprint density at radius 3 is 2.70 bits per heavy atom. The third-order valence-electron chi connectivity index (χ3n) is 1.25. The fraction of sp³-hybridized carbons (Fsp3) is 0. The number of halogens is 1. The molecule has 0 atom stereocenters. The molecule has 2 heterocycles. The summed E-state index contributed by atoms with van der Waals surface area (Å²) in [5.74, 6) is 0. The number of hydrogen-bond donors (Lipinski definition) is 0. The van der Waals surface area contributed by atoms with E-state index in [4.69, 9.17) is 0 Å².